The van der Waals surface area contributed by atoms with Crippen LogP contribution in [0.25, 0.3) is 22.3 Å². The molecular weight excluding hydrogens is 668 g/mol. The number of ether oxygens (including phenoxy) is 3. The van der Waals surface area contributed by atoms with Crippen molar-refractivity contribution < 1.29 is 64.0 Å². The lowest BCUT2D eigenvalue weighted by Gasteiger charge is -2.17. The zero-order valence-electron chi connectivity index (χ0n) is 28.3. The zero-order valence-corrected chi connectivity index (χ0v) is 28.3. The quantitative estimate of drug-likeness (QED) is 0.0398. The molecule has 14 nitrogen and oxygen atoms in total. The Morgan fingerprint density at radius 3 is 1.98 bits per heavy atom. The highest BCUT2D eigenvalue weighted by atomic mass is 16.6. The van der Waals surface area contributed by atoms with Gasteiger partial charge >= 0.3 is 11.9 Å². The minimum atomic E-state index is -1.51. The van der Waals surface area contributed by atoms with Crippen molar-refractivity contribution in [3.05, 3.63) is 52.1 Å². The van der Waals surface area contributed by atoms with Gasteiger partial charge in [-0.3, -0.25) is 9.59 Å². The fraction of sp³-hybridized carbons (Fsp3) is 0.486. The Hall–Kier alpha value is -4.95. The summed E-state index contributed by atoms with van der Waals surface area (Å²) in [6.45, 7) is -0.511. The van der Waals surface area contributed by atoms with Gasteiger partial charge in [0.25, 0.3) is 0 Å². The maximum absolute atomic E-state index is 13.3. The van der Waals surface area contributed by atoms with E-state index in [1.807, 2.05) is 0 Å². The number of hydrogen-bond acceptors (Lipinski definition) is 14. The standard InChI is InChI=1S/C37H46O14/c38-21-27(43)34-36(32(46)37(47)51-34)50-29(44)14-12-10-8-6-4-2-1-3-5-7-9-11-13-17-48-35-31(45)30-26(42)19-23(39)20-28(30)49-33(35)22-15-16-24(40)25(41)18-22/h15-16,18-20,27,34,38-43,46H,1-14,17,21H2/t27-,34+/m0/s1. The number of esters is 2. The highest BCUT2D eigenvalue weighted by molar-refractivity contribution is 5.90. The smallest absolute Gasteiger partial charge is 0.378 e. The first-order chi connectivity index (χ1) is 24.5. The van der Waals surface area contributed by atoms with E-state index >= 15 is 0 Å². The predicted molar refractivity (Wildman–Crippen MR) is 183 cm³/mol. The number of phenolic OH excluding ortho intramolecular Hbond substituents is 4. The number of aliphatic hydroxyl groups is 3. The SMILES string of the molecule is O=C(CCCCCCCCCCCCCCCOc1c(-c2ccc(O)c(O)c2)oc2cc(O)cc(O)c2c1=O)OC1=C(O)C(=O)O[C@@H]1[C@@H](O)CO. The van der Waals surface area contributed by atoms with Gasteiger partial charge in [0, 0.05) is 24.1 Å². The Labute approximate surface area is 294 Å². The van der Waals surface area contributed by atoms with Crippen LogP contribution in [0.15, 0.2) is 51.1 Å². The Kier molecular flexibility index (Phi) is 14.4. The Morgan fingerprint density at radius 1 is 0.765 bits per heavy atom. The molecular formula is C37H46O14. The summed E-state index contributed by atoms with van der Waals surface area (Å²) in [5.41, 5.74) is -0.410. The average molecular weight is 715 g/mol. The number of phenols is 4. The molecule has 2 heterocycles. The molecule has 0 saturated heterocycles. The van der Waals surface area contributed by atoms with E-state index in [0.717, 1.165) is 76.7 Å². The third kappa shape index (κ3) is 10.5. The van der Waals surface area contributed by atoms with Crippen LogP contribution < -0.4 is 10.2 Å². The topological polar surface area (TPSA) is 234 Å². The molecule has 0 fully saturated rings. The van der Waals surface area contributed by atoms with Crippen LogP contribution in [0.1, 0.15) is 89.9 Å². The second-order valence-corrected chi connectivity index (χ2v) is 12.6. The fourth-order valence-electron chi connectivity index (χ4n) is 5.83. The molecule has 14 heteroatoms. The van der Waals surface area contributed by atoms with Gasteiger partial charge in [0.05, 0.1) is 13.2 Å². The lowest BCUT2D eigenvalue weighted by Crippen LogP contribution is -2.33. The van der Waals surface area contributed by atoms with E-state index in [0.29, 0.717) is 12.8 Å². The van der Waals surface area contributed by atoms with E-state index in [1.165, 1.54) is 24.3 Å². The largest absolute Gasteiger partial charge is 0.508 e. The van der Waals surface area contributed by atoms with Crippen LogP contribution in [0.2, 0.25) is 0 Å². The first-order valence-electron chi connectivity index (χ1n) is 17.3. The number of aliphatic hydroxyl groups excluding tert-OH is 3. The van der Waals surface area contributed by atoms with Crippen LogP contribution >= 0.6 is 0 Å². The van der Waals surface area contributed by atoms with Crippen molar-refractivity contribution in [3.8, 4) is 40.1 Å². The minimum Gasteiger partial charge on any atom is -0.508 e. The highest BCUT2D eigenvalue weighted by Gasteiger charge is 2.41. The first kappa shape index (κ1) is 38.8. The minimum absolute atomic E-state index is 0.00153. The van der Waals surface area contributed by atoms with Crippen LogP contribution in [0.5, 0.6) is 28.7 Å². The second kappa shape index (κ2) is 18.9. The van der Waals surface area contributed by atoms with Gasteiger partial charge in [-0.15, -0.1) is 0 Å². The van der Waals surface area contributed by atoms with Crippen LogP contribution in [0.4, 0.5) is 0 Å². The number of rotatable bonds is 21. The second-order valence-electron chi connectivity index (χ2n) is 12.6. The van der Waals surface area contributed by atoms with Gasteiger partial charge in [-0.1, -0.05) is 70.6 Å². The fourth-order valence-corrected chi connectivity index (χ4v) is 5.83. The maximum Gasteiger partial charge on any atom is 0.378 e. The van der Waals surface area contributed by atoms with Gasteiger partial charge in [-0.2, -0.15) is 0 Å². The Morgan fingerprint density at radius 2 is 1.37 bits per heavy atom. The molecule has 0 spiro atoms. The van der Waals surface area contributed by atoms with E-state index in [1.54, 1.807) is 0 Å². The Balaban J connectivity index is 1.07. The van der Waals surface area contributed by atoms with Gasteiger partial charge in [0.2, 0.25) is 22.7 Å². The van der Waals surface area contributed by atoms with E-state index < -0.39 is 59.2 Å². The van der Waals surface area contributed by atoms with Gasteiger partial charge in [-0.25, -0.2) is 4.79 Å². The van der Waals surface area contributed by atoms with Gasteiger partial charge in [0.1, 0.15) is 28.6 Å². The predicted octanol–water partition coefficient (Wildman–Crippen LogP) is 5.71. The number of carbonyl (C=O) groups is 2. The van der Waals surface area contributed by atoms with E-state index in [9.17, 15) is 45.0 Å². The molecule has 0 saturated carbocycles. The summed E-state index contributed by atoms with van der Waals surface area (Å²) < 4.78 is 21.5. The first-order valence-corrected chi connectivity index (χ1v) is 17.3. The van der Waals surface area contributed by atoms with Crippen molar-refractivity contribution in [2.24, 2.45) is 0 Å². The normalized spacial score (nSPS) is 14.9. The average Bonchev–Trinajstić information content (AvgIpc) is 3.37. The number of cyclic esters (lactones) is 1. The van der Waals surface area contributed by atoms with Gasteiger partial charge < -0.3 is 54.4 Å². The summed E-state index contributed by atoms with van der Waals surface area (Å²) in [4.78, 5) is 37.0. The van der Waals surface area contributed by atoms with Crippen molar-refractivity contribution >= 4 is 22.9 Å². The summed E-state index contributed by atoms with van der Waals surface area (Å²) in [6, 6.07) is 6.17. The molecule has 0 radical (unpaired) electrons. The molecule has 278 valence electrons. The molecule has 0 bridgehead atoms. The molecule has 0 unspecified atom stereocenters. The van der Waals surface area contributed by atoms with E-state index in [4.69, 9.17) is 23.7 Å². The molecule has 0 aliphatic carbocycles. The van der Waals surface area contributed by atoms with Crippen LogP contribution in [-0.4, -0.2) is 73.1 Å². The molecule has 1 aliphatic heterocycles. The molecule has 4 rings (SSSR count). The molecule has 3 aromatic rings. The van der Waals surface area contributed by atoms with E-state index in [2.05, 4.69) is 0 Å². The van der Waals surface area contributed by atoms with Gasteiger partial charge in [0.15, 0.2) is 23.4 Å². The molecule has 1 aliphatic rings. The number of aromatic hydroxyl groups is 4. The lowest BCUT2D eigenvalue weighted by molar-refractivity contribution is -0.151. The van der Waals surface area contributed by atoms with Gasteiger partial charge in [-0.05, 0) is 31.0 Å². The number of carbonyl (C=O) groups excluding carboxylic acids is 2. The molecule has 7 N–H and O–H groups in total. The van der Waals surface area contributed by atoms with Crippen molar-refractivity contribution in [2.45, 2.75) is 102 Å². The van der Waals surface area contributed by atoms with Crippen molar-refractivity contribution in [2.75, 3.05) is 13.2 Å². The lowest BCUT2D eigenvalue weighted by atomic mass is 10.0. The van der Waals surface area contributed by atoms with Crippen LogP contribution in [-0.2, 0) is 19.1 Å². The van der Waals surface area contributed by atoms with Crippen molar-refractivity contribution in [1.82, 2.24) is 0 Å². The van der Waals surface area contributed by atoms with Crippen molar-refractivity contribution in [1.29, 1.82) is 0 Å². The summed E-state index contributed by atoms with van der Waals surface area (Å²) in [5.74, 6) is -4.76. The monoisotopic (exact) mass is 714 g/mol. The third-order valence-electron chi connectivity index (χ3n) is 8.61. The number of benzene rings is 2. The van der Waals surface area contributed by atoms with E-state index in [-0.39, 0.29) is 52.6 Å². The Bertz CT molecular complexity index is 1740. The molecule has 1 aromatic heterocycles. The molecule has 0 amide bonds. The summed E-state index contributed by atoms with van der Waals surface area (Å²) in [6.07, 6.45) is 9.78. The van der Waals surface area contributed by atoms with Crippen LogP contribution in [0, 0.1) is 0 Å². The van der Waals surface area contributed by atoms with Crippen LogP contribution in [0.3, 0.4) is 0 Å². The summed E-state index contributed by atoms with van der Waals surface area (Å²) in [5, 5.41) is 68.3. The number of unbranched alkanes of at least 4 members (excludes halogenated alkanes) is 12. The zero-order chi connectivity index (χ0) is 36.9. The maximum atomic E-state index is 13.3. The summed E-state index contributed by atoms with van der Waals surface area (Å²) in [7, 11) is 0. The third-order valence-corrected chi connectivity index (χ3v) is 8.61. The molecule has 2 atom stereocenters. The number of fused-ring (bicyclic) bond motifs is 1. The molecule has 51 heavy (non-hydrogen) atoms. The highest BCUT2D eigenvalue weighted by Crippen LogP contribution is 2.38. The number of hydrogen-bond donors (Lipinski definition) is 7. The van der Waals surface area contributed by atoms with Crippen molar-refractivity contribution in [3.63, 3.8) is 0 Å². The summed E-state index contributed by atoms with van der Waals surface area (Å²) >= 11 is 0. The molecule has 2 aromatic carbocycles.